The predicted octanol–water partition coefficient (Wildman–Crippen LogP) is 0.391. The van der Waals surface area contributed by atoms with Crippen LogP contribution in [0.2, 0.25) is 0 Å². The zero-order chi connectivity index (χ0) is 18.7. The number of aromatic nitrogens is 5. The van der Waals surface area contributed by atoms with E-state index in [-0.39, 0.29) is 17.6 Å². The fourth-order valence-corrected chi connectivity index (χ4v) is 3.70. The SMILES string of the molecule is COc1nc(CNS(=O)(=O)c2cn(C)c(C)n2)nc(N2CCCCC2)n1. The Bertz CT molecular complexity index is 856. The molecule has 0 aliphatic carbocycles. The Hall–Kier alpha value is -2.27. The van der Waals surface area contributed by atoms with Gasteiger partial charge in [-0.05, 0) is 26.2 Å². The summed E-state index contributed by atoms with van der Waals surface area (Å²) in [6, 6.07) is 0.170. The molecule has 11 heteroatoms. The number of nitrogens with one attached hydrogen (secondary N) is 1. The van der Waals surface area contributed by atoms with Gasteiger partial charge in [0, 0.05) is 26.3 Å². The van der Waals surface area contributed by atoms with E-state index in [1.807, 2.05) is 0 Å². The highest BCUT2D eigenvalue weighted by atomic mass is 32.2. The maximum Gasteiger partial charge on any atom is 0.321 e. The van der Waals surface area contributed by atoms with Gasteiger partial charge in [-0.15, -0.1) is 0 Å². The van der Waals surface area contributed by atoms with Crippen LogP contribution < -0.4 is 14.4 Å². The number of imidazole rings is 1. The molecule has 2 aromatic rings. The quantitative estimate of drug-likeness (QED) is 0.764. The summed E-state index contributed by atoms with van der Waals surface area (Å²) < 4.78 is 34.1. The summed E-state index contributed by atoms with van der Waals surface area (Å²) in [7, 11) is -0.543. The molecule has 0 atom stereocenters. The topological polar surface area (TPSA) is 115 Å². The summed E-state index contributed by atoms with van der Waals surface area (Å²) >= 11 is 0. The van der Waals surface area contributed by atoms with Crippen LogP contribution in [0.3, 0.4) is 0 Å². The Morgan fingerprint density at radius 1 is 1.15 bits per heavy atom. The molecule has 1 aliphatic heterocycles. The second-order valence-electron chi connectivity index (χ2n) is 6.15. The zero-order valence-corrected chi connectivity index (χ0v) is 16.0. The Balaban J connectivity index is 1.78. The van der Waals surface area contributed by atoms with E-state index in [0.29, 0.717) is 17.6 Å². The number of ether oxygens (including phenoxy) is 1. The summed E-state index contributed by atoms with van der Waals surface area (Å²) in [5.41, 5.74) is 0. The lowest BCUT2D eigenvalue weighted by atomic mass is 10.1. The summed E-state index contributed by atoms with van der Waals surface area (Å²) in [5.74, 6) is 1.42. The van der Waals surface area contributed by atoms with Crippen LogP contribution in [0.5, 0.6) is 6.01 Å². The van der Waals surface area contributed by atoms with Crippen molar-refractivity contribution in [3.05, 3.63) is 17.8 Å². The monoisotopic (exact) mass is 381 g/mol. The first kappa shape index (κ1) is 18.5. The fraction of sp³-hybridized carbons (Fsp3) is 0.600. The van der Waals surface area contributed by atoms with Gasteiger partial charge in [0.05, 0.1) is 13.7 Å². The van der Waals surface area contributed by atoms with Crippen LogP contribution >= 0.6 is 0 Å². The van der Waals surface area contributed by atoms with Crippen LogP contribution in [0.4, 0.5) is 5.95 Å². The third-order valence-electron chi connectivity index (χ3n) is 4.25. The van der Waals surface area contributed by atoms with Crippen molar-refractivity contribution in [1.29, 1.82) is 0 Å². The minimum atomic E-state index is -3.75. The molecule has 0 saturated carbocycles. The molecule has 0 bridgehead atoms. The van der Waals surface area contributed by atoms with E-state index in [1.54, 1.807) is 18.5 Å². The summed E-state index contributed by atoms with van der Waals surface area (Å²) in [5, 5.41) is -0.0326. The summed E-state index contributed by atoms with van der Waals surface area (Å²) in [6.07, 6.45) is 4.81. The van der Waals surface area contributed by atoms with E-state index < -0.39 is 10.0 Å². The maximum atomic E-state index is 12.4. The van der Waals surface area contributed by atoms with Crippen LogP contribution in [0.1, 0.15) is 30.9 Å². The molecule has 1 N–H and O–H groups in total. The number of nitrogens with zero attached hydrogens (tertiary/aromatic N) is 6. The van der Waals surface area contributed by atoms with E-state index in [9.17, 15) is 8.42 Å². The van der Waals surface area contributed by atoms with Gasteiger partial charge in [-0.3, -0.25) is 0 Å². The average Bonchev–Trinajstić information content (AvgIpc) is 3.00. The molecule has 1 fully saturated rings. The van der Waals surface area contributed by atoms with Crippen molar-refractivity contribution in [3.8, 4) is 6.01 Å². The van der Waals surface area contributed by atoms with Crippen LogP contribution in [0.15, 0.2) is 11.2 Å². The van der Waals surface area contributed by atoms with Gasteiger partial charge in [0.2, 0.25) is 5.95 Å². The second kappa shape index (κ2) is 7.54. The van der Waals surface area contributed by atoms with Crippen molar-refractivity contribution in [1.82, 2.24) is 29.2 Å². The van der Waals surface area contributed by atoms with Crippen molar-refractivity contribution in [3.63, 3.8) is 0 Å². The molecule has 3 rings (SSSR count). The average molecular weight is 381 g/mol. The summed E-state index contributed by atoms with van der Waals surface area (Å²) in [4.78, 5) is 18.9. The lowest BCUT2D eigenvalue weighted by Crippen LogP contribution is -2.32. The molecule has 26 heavy (non-hydrogen) atoms. The molecule has 10 nitrogen and oxygen atoms in total. The lowest BCUT2D eigenvalue weighted by molar-refractivity contribution is 0.374. The van der Waals surface area contributed by atoms with Crippen molar-refractivity contribution in [2.45, 2.75) is 37.8 Å². The first-order valence-corrected chi connectivity index (χ1v) is 9.91. The highest BCUT2D eigenvalue weighted by Gasteiger charge is 2.21. The molecule has 0 amide bonds. The van der Waals surface area contributed by atoms with E-state index in [1.165, 1.54) is 19.7 Å². The fourth-order valence-electron chi connectivity index (χ4n) is 2.68. The number of piperidine rings is 1. The maximum absolute atomic E-state index is 12.4. The van der Waals surface area contributed by atoms with Gasteiger partial charge in [-0.1, -0.05) is 0 Å². The number of hydrogen-bond acceptors (Lipinski definition) is 8. The molecular formula is C15H23N7O3S. The third-order valence-corrected chi connectivity index (χ3v) is 5.52. The van der Waals surface area contributed by atoms with Crippen LogP contribution in [-0.2, 0) is 23.6 Å². The number of methoxy groups -OCH3 is 1. The number of aryl methyl sites for hydroxylation is 2. The highest BCUT2D eigenvalue weighted by Crippen LogP contribution is 2.18. The van der Waals surface area contributed by atoms with Crippen molar-refractivity contribution < 1.29 is 13.2 Å². The Labute approximate surface area is 152 Å². The Kier molecular flexibility index (Phi) is 5.37. The van der Waals surface area contributed by atoms with Crippen molar-refractivity contribution in [2.24, 2.45) is 7.05 Å². The number of hydrogen-bond donors (Lipinski definition) is 1. The van der Waals surface area contributed by atoms with Gasteiger partial charge >= 0.3 is 6.01 Å². The molecule has 0 aromatic carbocycles. The van der Waals surface area contributed by atoms with E-state index in [2.05, 4.69) is 29.6 Å². The van der Waals surface area contributed by atoms with Gasteiger partial charge in [0.15, 0.2) is 10.9 Å². The first-order valence-electron chi connectivity index (χ1n) is 8.42. The van der Waals surface area contributed by atoms with Crippen molar-refractivity contribution >= 4 is 16.0 Å². The molecule has 3 heterocycles. The zero-order valence-electron chi connectivity index (χ0n) is 15.1. The molecule has 0 spiro atoms. The standard InChI is InChI=1S/C15H23N7O3S/c1-11-17-13(10-21(11)2)26(23,24)16-9-12-18-14(20-15(19-12)25-3)22-7-5-4-6-8-22/h10,16H,4-9H2,1-3H3. The normalized spacial score (nSPS) is 15.3. The van der Waals surface area contributed by atoms with E-state index in [0.717, 1.165) is 25.9 Å². The van der Waals surface area contributed by atoms with Crippen molar-refractivity contribution in [2.75, 3.05) is 25.1 Å². The first-order chi connectivity index (χ1) is 12.4. The minimum absolute atomic E-state index is 0.0326. The van der Waals surface area contributed by atoms with E-state index >= 15 is 0 Å². The van der Waals surface area contributed by atoms with Gasteiger partial charge < -0.3 is 14.2 Å². The highest BCUT2D eigenvalue weighted by molar-refractivity contribution is 7.89. The van der Waals surface area contributed by atoms with Gasteiger partial charge in [-0.25, -0.2) is 18.1 Å². The number of sulfonamides is 1. The minimum Gasteiger partial charge on any atom is -0.467 e. The molecule has 0 unspecified atom stereocenters. The molecule has 1 aliphatic rings. The molecular weight excluding hydrogens is 358 g/mol. The molecule has 2 aromatic heterocycles. The molecule has 0 radical (unpaired) electrons. The van der Waals surface area contributed by atoms with Crippen LogP contribution in [0.25, 0.3) is 0 Å². The van der Waals surface area contributed by atoms with E-state index in [4.69, 9.17) is 4.74 Å². The number of rotatable bonds is 6. The summed E-state index contributed by atoms with van der Waals surface area (Å²) in [6.45, 7) is 3.40. The third kappa shape index (κ3) is 4.10. The molecule has 142 valence electrons. The number of anilines is 1. The predicted molar refractivity (Wildman–Crippen MR) is 94.4 cm³/mol. The molecule has 1 saturated heterocycles. The smallest absolute Gasteiger partial charge is 0.321 e. The largest absolute Gasteiger partial charge is 0.467 e. The van der Waals surface area contributed by atoms with Crippen LogP contribution in [0, 0.1) is 6.92 Å². The van der Waals surface area contributed by atoms with Gasteiger partial charge in [0.1, 0.15) is 5.82 Å². The van der Waals surface area contributed by atoms with Gasteiger partial charge in [-0.2, -0.15) is 15.0 Å². The Morgan fingerprint density at radius 2 is 1.88 bits per heavy atom. The lowest BCUT2D eigenvalue weighted by Gasteiger charge is -2.26. The van der Waals surface area contributed by atoms with Gasteiger partial charge in [0.25, 0.3) is 10.0 Å². The van der Waals surface area contributed by atoms with Crippen LogP contribution in [-0.4, -0.2) is 53.1 Å². The second-order valence-corrected chi connectivity index (χ2v) is 7.86. The Morgan fingerprint density at radius 3 is 2.50 bits per heavy atom.